The van der Waals surface area contributed by atoms with E-state index in [4.69, 9.17) is 16.0 Å². The van der Waals surface area contributed by atoms with Gasteiger partial charge in [-0.1, -0.05) is 45.2 Å². The Labute approximate surface area is 230 Å². The van der Waals surface area contributed by atoms with Crippen LogP contribution in [0.5, 0.6) is 0 Å². The number of hydrogen-bond donors (Lipinski definition) is 2. The molecule has 37 heavy (non-hydrogen) atoms. The van der Waals surface area contributed by atoms with Gasteiger partial charge in [0.2, 0.25) is 5.95 Å². The minimum absolute atomic E-state index is 0.0190. The molecule has 12 heteroatoms. The lowest BCUT2D eigenvalue weighted by Crippen LogP contribution is -2.40. The van der Waals surface area contributed by atoms with Crippen molar-refractivity contribution in [2.75, 3.05) is 10.6 Å². The Bertz CT molecular complexity index is 1170. The smallest absolute Gasteiger partial charge is 0.413 e. The van der Waals surface area contributed by atoms with E-state index < -0.39 is 26.1 Å². The molecule has 2 atom stereocenters. The van der Waals surface area contributed by atoms with Crippen LogP contribution in [-0.4, -0.2) is 24.3 Å². The fourth-order valence-corrected chi connectivity index (χ4v) is 5.35. The Hall–Kier alpha value is -1.87. The maximum atomic E-state index is 13.7. The van der Waals surface area contributed by atoms with E-state index >= 15 is 0 Å². The molecule has 2 unspecified atom stereocenters. The number of alkyl halides is 3. The van der Waals surface area contributed by atoms with Gasteiger partial charge in [0.15, 0.2) is 8.32 Å². The van der Waals surface area contributed by atoms with Crippen LogP contribution in [0.4, 0.5) is 30.6 Å². The molecule has 1 heterocycles. The third-order valence-corrected chi connectivity index (χ3v) is 13.0. The van der Waals surface area contributed by atoms with Crippen molar-refractivity contribution in [2.45, 2.75) is 83.4 Å². The van der Waals surface area contributed by atoms with E-state index in [9.17, 15) is 18.4 Å². The second-order valence-corrected chi connectivity index (χ2v) is 16.8. The Morgan fingerprint density at radius 2 is 1.89 bits per heavy atom. The number of benzene rings is 1. The first kappa shape index (κ1) is 29.7. The Balaban J connectivity index is 1.89. The zero-order valence-corrected chi connectivity index (χ0v) is 24.9. The van der Waals surface area contributed by atoms with Crippen molar-refractivity contribution in [1.29, 1.82) is 5.26 Å². The molecule has 1 aromatic carbocycles. The fraction of sp³-hybridized carbons (Fsp3) is 0.560. The van der Waals surface area contributed by atoms with Gasteiger partial charge in [0.25, 0.3) is 0 Å². The van der Waals surface area contributed by atoms with Crippen LogP contribution in [0.2, 0.25) is 23.2 Å². The predicted molar refractivity (Wildman–Crippen MR) is 146 cm³/mol. The van der Waals surface area contributed by atoms with E-state index in [-0.39, 0.29) is 22.7 Å². The topological polar surface area (TPSA) is 82.9 Å². The fourth-order valence-electron chi connectivity index (χ4n) is 3.82. The second-order valence-electron chi connectivity index (χ2n) is 10.8. The van der Waals surface area contributed by atoms with Crippen LogP contribution in [-0.2, 0) is 17.2 Å². The van der Waals surface area contributed by atoms with E-state index in [1.165, 1.54) is 0 Å². The summed E-state index contributed by atoms with van der Waals surface area (Å²) in [7, 11) is -2.03. The van der Waals surface area contributed by atoms with Crippen molar-refractivity contribution in [1.82, 2.24) is 9.97 Å². The van der Waals surface area contributed by atoms with E-state index in [1.54, 1.807) is 6.07 Å². The zero-order valence-electron chi connectivity index (χ0n) is 21.6. The molecule has 0 radical (unpaired) electrons. The van der Waals surface area contributed by atoms with Gasteiger partial charge in [0.05, 0.1) is 23.6 Å². The lowest BCUT2D eigenvalue weighted by molar-refractivity contribution is -0.137. The van der Waals surface area contributed by atoms with Crippen LogP contribution in [0.3, 0.4) is 0 Å². The monoisotopic (exact) mass is 617 g/mol. The van der Waals surface area contributed by atoms with Crippen molar-refractivity contribution in [3.63, 3.8) is 0 Å². The maximum Gasteiger partial charge on any atom is 0.421 e. The Morgan fingerprint density at radius 1 is 1.22 bits per heavy atom. The Kier molecular flexibility index (Phi) is 9.21. The van der Waals surface area contributed by atoms with Crippen molar-refractivity contribution in [2.24, 2.45) is 5.92 Å². The standard InChI is InChI=1S/C25H32BrClF3N5OSi/c1-24(2,3)37(4,5)36-14-16-10-17(11-19(27)21(16)26)33-23-32-13-18(25(28,29)30)22(35-23)34-20-9-7-6-8-15(20)12-31/h10-11,13,15,20H,6-9,14H2,1-5H3,(H2,32,33,34,35). The van der Waals surface area contributed by atoms with Crippen LogP contribution in [0.25, 0.3) is 0 Å². The average molecular weight is 619 g/mol. The Morgan fingerprint density at radius 3 is 2.51 bits per heavy atom. The lowest BCUT2D eigenvalue weighted by atomic mass is 9.85. The highest BCUT2D eigenvalue weighted by Crippen LogP contribution is 2.39. The minimum atomic E-state index is -4.65. The molecule has 1 aliphatic rings. The van der Waals surface area contributed by atoms with Gasteiger partial charge in [0.1, 0.15) is 11.4 Å². The largest absolute Gasteiger partial charge is 0.421 e. The molecule has 2 N–H and O–H groups in total. The molecule has 6 nitrogen and oxygen atoms in total. The number of rotatable bonds is 7. The molecule has 0 amide bonds. The molecule has 1 aliphatic carbocycles. The third-order valence-electron chi connectivity index (χ3n) is 7.10. The molecule has 2 aromatic rings. The maximum absolute atomic E-state index is 13.7. The number of nitrogens with one attached hydrogen (secondary N) is 2. The van der Waals surface area contributed by atoms with Gasteiger partial charge in [-0.05, 0) is 64.6 Å². The number of nitriles is 1. The van der Waals surface area contributed by atoms with Crippen LogP contribution in [0, 0.1) is 17.2 Å². The molecule has 1 aromatic heterocycles. The molecule has 0 saturated heterocycles. The molecule has 0 bridgehead atoms. The summed E-state index contributed by atoms with van der Waals surface area (Å²) in [4.78, 5) is 8.06. The highest BCUT2D eigenvalue weighted by Gasteiger charge is 2.38. The van der Waals surface area contributed by atoms with Gasteiger partial charge >= 0.3 is 6.18 Å². The quantitative estimate of drug-likeness (QED) is 0.302. The summed E-state index contributed by atoms with van der Waals surface area (Å²) in [5.74, 6) is -0.744. The van der Waals surface area contributed by atoms with Crippen LogP contribution < -0.4 is 10.6 Å². The van der Waals surface area contributed by atoms with Crippen LogP contribution in [0.15, 0.2) is 22.8 Å². The first-order valence-corrected chi connectivity index (χ1v) is 16.2. The van der Waals surface area contributed by atoms with Gasteiger partial charge in [-0.3, -0.25) is 0 Å². The molecule has 0 spiro atoms. The summed E-state index contributed by atoms with van der Waals surface area (Å²) in [6.45, 7) is 11.1. The van der Waals surface area contributed by atoms with Crippen molar-refractivity contribution in [3.05, 3.63) is 39.0 Å². The van der Waals surface area contributed by atoms with Crippen molar-refractivity contribution >= 4 is 53.3 Å². The van der Waals surface area contributed by atoms with E-state index in [0.29, 0.717) is 34.6 Å². The van der Waals surface area contributed by atoms with Gasteiger partial charge in [-0.25, -0.2) is 4.98 Å². The molecule has 1 fully saturated rings. The summed E-state index contributed by atoms with van der Waals surface area (Å²) < 4.78 is 48.2. The lowest BCUT2D eigenvalue weighted by Gasteiger charge is -2.36. The average Bonchev–Trinajstić information content (AvgIpc) is 2.79. The predicted octanol–water partition coefficient (Wildman–Crippen LogP) is 8.67. The summed E-state index contributed by atoms with van der Waals surface area (Å²) in [6, 6.07) is 5.24. The summed E-state index contributed by atoms with van der Waals surface area (Å²) >= 11 is 9.95. The normalized spacial score (nSPS) is 18.8. The van der Waals surface area contributed by atoms with Crippen LogP contribution >= 0.6 is 27.5 Å². The van der Waals surface area contributed by atoms with Crippen molar-refractivity contribution in [3.8, 4) is 6.07 Å². The number of halogens is 5. The van der Waals surface area contributed by atoms with Gasteiger partial charge in [-0.15, -0.1) is 0 Å². The minimum Gasteiger partial charge on any atom is -0.413 e. The number of anilines is 3. The summed E-state index contributed by atoms with van der Waals surface area (Å²) in [6.07, 6.45) is -0.933. The first-order valence-electron chi connectivity index (χ1n) is 12.1. The zero-order chi connectivity index (χ0) is 27.6. The highest BCUT2D eigenvalue weighted by molar-refractivity contribution is 9.10. The van der Waals surface area contributed by atoms with E-state index in [0.717, 1.165) is 24.6 Å². The molecular weight excluding hydrogens is 587 g/mol. The first-order chi connectivity index (χ1) is 17.1. The molecule has 1 saturated carbocycles. The van der Waals surface area contributed by atoms with Gasteiger partial charge in [-0.2, -0.15) is 23.4 Å². The highest BCUT2D eigenvalue weighted by atomic mass is 79.9. The van der Waals surface area contributed by atoms with E-state index in [2.05, 4.69) is 76.5 Å². The van der Waals surface area contributed by atoms with Gasteiger partial charge in [0, 0.05) is 22.4 Å². The summed E-state index contributed by atoms with van der Waals surface area (Å²) in [5.41, 5.74) is 0.335. The number of nitrogens with zero attached hydrogens (tertiary/aromatic N) is 3. The number of aromatic nitrogens is 2. The number of hydrogen-bond acceptors (Lipinski definition) is 6. The summed E-state index contributed by atoms with van der Waals surface area (Å²) in [5, 5.41) is 15.8. The van der Waals surface area contributed by atoms with Crippen molar-refractivity contribution < 1.29 is 17.6 Å². The molecule has 3 rings (SSSR count). The SMILES string of the molecule is CC(C)(C)[Si](C)(C)OCc1cc(Nc2ncc(C(F)(F)F)c(NC3CCCCC3C#N)n2)cc(Cl)c1Br. The third kappa shape index (κ3) is 7.37. The second kappa shape index (κ2) is 11.5. The molecule has 202 valence electrons. The molecule has 0 aliphatic heterocycles. The van der Waals surface area contributed by atoms with E-state index in [1.807, 2.05) is 6.07 Å². The van der Waals surface area contributed by atoms with Gasteiger partial charge < -0.3 is 15.1 Å². The molecular formula is C25H32BrClF3N5OSi. The van der Waals surface area contributed by atoms with Crippen LogP contribution in [0.1, 0.15) is 57.6 Å².